The van der Waals surface area contributed by atoms with Gasteiger partial charge in [0.05, 0.1) is 5.52 Å². The van der Waals surface area contributed by atoms with Gasteiger partial charge in [-0.3, -0.25) is 0 Å². The number of likely N-dealkylation sites (N-methyl/N-ethyl adjacent to an activating group) is 1. The third-order valence-corrected chi connectivity index (χ3v) is 3.66. The van der Waals surface area contributed by atoms with Crippen LogP contribution in [0.15, 0.2) is 48.8 Å². The van der Waals surface area contributed by atoms with Gasteiger partial charge in [-0.15, -0.1) is 0 Å². The summed E-state index contributed by atoms with van der Waals surface area (Å²) in [6, 6.07) is 12.8. The van der Waals surface area contributed by atoms with Crippen LogP contribution in [0.5, 0.6) is 11.5 Å². The molecule has 0 saturated heterocycles. The lowest BCUT2D eigenvalue weighted by atomic mass is 10.1. The standard InChI is InChI=1S/C17H17N3O2/c1-20(9-8-12-6-7-15(21)16(22)10-12)17-13-4-2-3-5-14(13)18-11-19-17/h2-7,10-11,21-22H,8-9H2,1H3. The number of aromatic hydroxyl groups is 2. The largest absolute Gasteiger partial charge is 0.504 e. The molecule has 0 saturated carbocycles. The minimum atomic E-state index is -0.0982. The first-order valence-corrected chi connectivity index (χ1v) is 7.07. The number of rotatable bonds is 4. The van der Waals surface area contributed by atoms with Gasteiger partial charge in [-0.1, -0.05) is 18.2 Å². The zero-order valence-corrected chi connectivity index (χ0v) is 12.3. The highest BCUT2D eigenvalue weighted by atomic mass is 16.3. The fourth-order valence-corrected chi connectivity index (χ4v) is 2.42. The molecule has 3 aromatic rings. The second-order valence-electron chi connectivity index (χ2n) is 5.21. The zero-order chi connectivity index (χ0) is 15.5. The van der Waals surface area contributed by atoms with Crippen molar-refractivity contribution in [3.8, 4) is 11.5 Å². The highest BCUT2D eigenvalue weighted by Crippen LogP contribution is 2.26. The summed E-state index contributed by atoms with van der Waals surface area (Å²) in [4.78, 5) is 10.7. The van der Waals surface area contributed by atoms with Crippen molar-refractivity contribution in [2.75, 3.05) is 18.5 Å². The van der Waals surface area contributed by atoms with Crippen LogP contribution in [0.2, 0.25) is 0 Å². The molecule has 0 aliphatic carbocycles. The summed E-state index contributed by atoms with van der Waals surface area (Å²) >= 11 is 0. The van der Waals surface area contributed by atoms with E-state index in [4.69, 9.17) is 0 Å². The number of phenolic OH excluding ortho intramolecular Hbond substituents is 2. The summed E-state index contributed by atoms with van der Waals surface area (Å²) in [5.41, 5.74) is 1.88. The van der Waals surface area contributed by atoms with E-state index in [2.05, 4.69) is 14.9 Å². The SMILES string of the molecule is CN(CCc1ccc(O)c(O)c1)c1ncnc2ccccc12. The van der Waals surface area contributed by atoms with Gasteiger partial charge in [-0.25, -0.2) is 9.97 Å². The van der Waals surface area contributed by atoms with Crippen molar-refractivity contribution in [3.05, 3.63) is 54.4 Å². The van der Waals surface area contributed by atoms with E-state index < -0.39 is 0 Å². The van der Waals surface area contributed by atoms with Crippen LogP contribution in [0.4, 0.5) is 5.82 Å². The van der Waals surface area contributed by atoms with E-state index >= 15 is 0 Å². The minimum Gasteiger partial charge on any atom is -0.504 e. The third-order valence-electron chi connectivity index (χ3n) is 3.66. The van der Waals surface area contributed by atoms with Gasteiger partial charge in [-0.05, 0) is 36.2 Å². The molecule has 0 aliphatic rings. The number of fused-ring (bicyclic) bond motifs is 1. The lowest BCUT2D eigenvalue weighted by Crippen LogP contribution is -2.21. The van der Waals surface area contributed by atoms with Crippen molar-refractivity contribution in [1.29, 1.82) is 0 Å². The van der Waals surface area contributed by atoms with Crippen LogP contribution in [-0.4, -0.2) is 33.8 Å². The van der Waals surface area contributed by atoms with Gasteiger partial charge in [0.1, 0.15) is 12.1 Å². The maximum Gasteiger partial charge on any atom is 0.157 e. The van der Waals surface area contributed by atoms with Gasteiger partial charge in [0, 0.05) is 19.0 Å². The Morgan fingerprint density at radius 3 is 2.64 bits per heavy atom. The summed E-state index contributed by atoms with van der Waals surface area (Å²) in [5.74, 6) is 0.695. The van der Waals surface area contributed by atoms with E-state index in [0.29, 0.717) is 0 Å². The van der Waals surface area contributed by atoms with Gasteiger partial charge in [-0.2, -0.15) is 0 Å². The molecule has 0 atom stereocenters. The van der Waals surface area contributed by atoms with E-state index in [1.807, 2.05) is 31.3 Å². The molecule has 0 fully saturated rings. The second kappa shape index (κ2) is 5.89. The third kappa shape index (κ3) is 2.79. The maximum absolute atomic E-state index is 9.54. The average Bonchev–Trinajstić information content (AvgIpc) is 2.55. The number of para-hydroxylation sites is 1. The number of anilines is 1. The number of aromatic nitrogens is 2. The number of hydrogen-bond acceptors (Lipinski definition) is 5. The van der Waals surface area contributed by atoms with E-state index in [9.17, 15) is 10.2 Å². The molecule has 2 aromatic carbocycles. The Kier molecular flexibility index (Phi) is 3.78. The van der Waals surface area contributed by atoms with Crippen molar-refractivity contribution >= 4 is 16.7 Å². The van der Waals surface area contributed by atoms with Crippen LogP contribution in [0.25, 0.3) is 10.9 Å². The van der Waals surface area contributed by atoms with Crippen molar-refractivity contribution in [2.45, 2.75) is 6.42 Å². The summed E-state index contributed by atoms with van der Waals surface area (Å²) < 4.78 is 0. The minimum absolute atomic E-state index is 0.0901. The summed E-state index contributed by atoms with van der Waals surface area (Å²) in [6.45, 7) is 0.741. The molecule has 2 N–H and O–H groups in total. The van der Waals surface area contributed by atoms with Gasteiger partial charge in [0.2, 0.25) is 0 Å². The van der Waals surface area contributed by atoms with Gasteiger partial charge in [0.15, 0.2) is 11.5 Å². The number of hydrogen-bond donors (Lipinski definition) is 2. The first-order valence-electron chi connectivity index (χ1n) is 7.07. The molecule has 1 heterocycles. The molecule has 5 nitrogen and oxygen atoms in total. The van der Waals surface area contributed by atoms with E-state index in [1.165, 1.54) is 6.07 Å². The Balaban J connectivity index is 1.78. The zero-order valence-electron chi connectivity index (χ0n) is 12.3. The lowest BCUT2D eigenvalue weighted by Gasteiger charge is -2.19. The van der Waals surface area contributed by atoms with Crippen molar-refractivity contribution < 1.29 is 10.2 Å². The smallest absolute Gasteiger partial charge is 0.157 e. The first-order chi connectivity index (χ1) is 10.6. The molecule has 1 aromatic heterocycles. The Labute approximate surface area is 128 Å². The molecule has 0 bridgehead atoms. The van der Waals surface area contributed by atoms with Crippen molar-refractivity contribution in [1.82, 2.24) is 9.97 Å². The highest BCUT2D eigenvalue weighted by molar-refractivity contribution is 5.89. The fourth-order valence-electron chi connectivity index (χ4n) is 2.42. The van der Waals surface area contributed by atoms with Gasteiger partial charge >= 0.3 is 0 Å². The average molecular weight is 295 g/mol. The van der Waals surface area contributed by atoms with Gasteiger partial charge < -0.3 is 15.1 Å². The maximum atomic E-state index is 9.54. The number of benzene rings is 2. The molecule has 22 heavy (non-hydrogen) atoms. The van der Waals surface area contributed by atoms with E-state index in [-0.39, 0.29) is 11.5 Å². The molecule has 0 spiro atoms. The second-order valence-corrected chi connectivity index (χ2v) is 5.21. The molecular formula is C17H17N3O2. The lowest BCUT2D eigenvalue weighted by molar-refractivity contribution is 0.403. The Hall–Kier alpha value is -2.82. The molecule has 0 aliphatic heterocycles. The Bertz CT molecular complexity index is 800. The summed E-state index contributed by atoms with van der Waals surface area (Å²) in [7, 11) is 1.98. The fraction of sp³-hybridized carbons (Fsp3) is 0.176. The molecular weight excluding hydrogens is 278 g/mol. The summed E-state index contributed by atoms with van der Waals surface area (Å²) in [6.07, 6.45) is 2.31. The predicted molar refractivity (Wildman–Crippen MR) is 86.3 cm³/mol. The molecule has 5 heteroatoms. The molecule has 3 rings (SSSR count). The van der Waals surface area contributed by atoms with Gasteiger partial charge in [0.25, 0.3) is 0 Å². The number of phenols is 2. The van der Waals surface area contributed by atoms with Crippen LogP contribution in [0, 0.1) is 0 Å². The van der Waals surface area contributed by atoms with Crippen LogP contribution in [-0.2, 0) is 6.42 Å². The monoisotopic (exact) mass is 295 g/mol. The molecule has 0 amide bonds. The van der Waals surface area contributed by atoms with E-state index in [0.717, 1.165) is 35.2 Å². The Morgan fingerprint density at radius 2 is 1.82 bits per heavy atom. The normalized spacial score (nSPS) is 10.8. The van der Waals surface area contributed by atoms with Crippen LogP contribution < -0.4 is 4.90 Å². The highest BCUT2D eigenvalue weighted by Gasteiger charge is 2.09. The number of nitrogens with zero attached hydrogens (tertiary/aromatic N) is 3. The van der Waals surface area contributed by atoms with Crippen molar-refractivity contribution in [3.63, 3.8) is 0 Å². The van der Waals surface area contributed by atoms with Crippen LogP contribution >= 0.6 is 0 Å². The first kappa shape index (κ1) is 14.1. The molecule has 0 unspecified atom stereocenters. The van der Waals surface area contributed by atoms with E-state index in [1.54, 1.807) is 18.5 Å². The Morgan fingerprint density at radius 1 is 1.00 bits per heavy atom. The van der Waals surface area contributed by atoms with Crippen LogP contribution in [0.1, 0.15) is 5.56 Å². The van der Waals surface area contributed by atoms with Crippen molar-refractivity contribution in [2.24, 2.45) is 0 Å². The molecule has 0 radical (unpaired) electrons. The quantitative estimate of drug-likeness (QED) is 0.724. The van der Waals surface area contributed by atoms with Crippen LogP contribution in [0.3, 0.4) is 0 Å². The summed E-state index contributed by atoms with van der Waals surface area (Å²) in [5, 5.41) is 19.9. The molecule has 112 valence electrons. The predicted octanol–water partition coefficient (Wildman–Crippen LogP) is 2.72. The topological polar surface area (TPSA) is 69.5 Å².